The normalized spacial score (nSPS) is 10.6. The van der Waals surface area contributed by atoms with Gasteiger partial charge in [-0.3, -0.25) is 0 Å². The van der Waals surface area contributed by atoms with Crippen LogP contribution in [0.3, 0.4) is 0 Å². The summed E-state index contributed by atoms with van der Waals surface area (Å²) in [5, 5.41) is 2.61. The van der Waals surface area contributed by atoms with Crippen molar-refractivity contribution in [1.29, 1.82) is 0 Å². The van der Waals surface area contributed by atoms with Gasteiger partial charge in [0.25, 0.3) is 0 Å². The van der Waals surface area contributed by atoms with Gasteiger partial charge in [-0.05, 0) is 37.3 Å². The Hall–Kier alpha value is -2.67. The number of ether oxygens (including phenoxy) is 3. The predicted octanol–water partition coefficient (Wildman–Crippen LogP) is 5.07. The van der Waals surface area contributed by atoms with Crippen LogP contribution in [-0.4, -0.2) is 18.7 Å². The van der Waals surface area contributed by atoms with Gasteiger partial charge in [-0.2, -0.15) is 0 Å². The summed E-state index contributed by atoms with van der Waals surface area (Å²) >= 11 is 1.44. The van der Waals surface area contributed by atoms with Crippen LogP contribution in [0.5, 0.6) is 17.2 Å². The number of hydrogen-bond acceptors (Lipinski definition) is 5. The fourth-order valence-corrected chi connectivity index (χ4v) is 3.13. The Bertz CT molecular complexity index is 898. The van der Waals surface area contributed by atoms with E-state index in [0.717, 1.165) is 22.7 Å². The molecule has 7 heteroatoms. The average molecular weight is 377 g/mol. The lowest BCUT2D eigenvalue weighted by Gasteiger charge is -2.10. The SMILES string of the molecule is CCOc1ccc(-c2nc(COc3ccc(F)cc3F)cs2)cc1OC. The van der Waals surface area contributed by atoms with Crippen LogP contribution in [0.2, 0.25) is 0 Å². The van der Waals surface area contributed by atoms with Crippen LogP contribution < -0.4 is 14.2 Å². The molecule has 0 aliphatic rings. The topological polar surface area (TPSA) is 40.6 Å². The lowest BCUT2D eigenvalue weighted by molar-refractivity contribution is 0.286. The lowest BCUT2D eigenvalue weighted by Crippen LogP contribution is -1.98. The fraction of sp³-hybridized carbons (Fsp3) is 0.211. The van der Waals surface area contributed by atoms with Crippen molar-refractivity contribution in [1.82, 2.24) is 4.98 Å². The molecule has 136 valence electrons. The highest BCUT2D eigenvalue weighted by Gasteiger charge is 2.11. The van der Waals surface area contributed by atoms with Gasteiger partial charge in [0.1, 0.15) is 17.4 Å². The summed E-state index contributed by atoms with van der Waals surface area (Å²) in [7, 11) is 1.58. The molecule has 0 aliphatic carbocycles. The second-order valence-corrected chi connectivity index (χ2v) is 6.16. The van der Waals surface area contributed by atoms with Crippen LogP contribution in [-0.2, 0) is 6.61 Å². The van der Waals surface area contributed by atoms with E-state index in [4.69, 9.17) is 14.2 Å². The first kappa shape index (κ1) is 18.1. The van der Waals surface area contributed by atoms with E-state index in [1.165, 1.54) is 17.4 Å². The third-order valence-corrected chi connectivity index (χ3v) is 4.47. The maximum absolute atomic E-state index is 13.6. The molecule has 0 amide bonds. The van der Waals surface area contributed by atoms with Gasteiger partial charge in [0, 0.05) is 17.0 Å². The van der Waals surface area contributed by atoms with Gasteiger partial charge >= 0.3 is 0 Å². The van der Waals surface area contributed by atoms with Gasteiger partial charge < -0.3 is 14.2 Å². The van der Waals surface area contributed by atoms with Gasteiger partial charge in [-0.25, -0.2) is 13.8 Å². The molecule has 0 radical (unpaired) electrons. The van der Waals surface area contributed by atoms with Crippen molar-refractivity contribution in [3.8, 4) is 27.8 Å². The molecule has 4 nitrogen and oxygen atoms in total. The van der Waals surface area contributed by atoms with Crippen LogP contribution in [0.4, 0.5) is 8.78 Å². The predicted molar refractivity (Wildman–Crippen MR) is 96.0 cm³/mol. The fourth-order valence-electron chi connectivity index (χ4n) is 2.33. The Morgan fingerprint density at radius 3 is 2.54 bits per heavy atom. The summed E-state index contributed by atoms with van der Waals surface area (Å²) < 4.78 is 42.8. The molecule has 3 rings (SSSR count). The Kier molecular flexibility index (Phi) is 5.68. The van der Waals surface area contributed by atoms with E-state index in [-0.39, 0.29) is 12.4 Å². The molecule has 2 aromatic carbocycles. The van der Waals surface area contributed by atoms with Gasteiger partial charge in [-0.1, -0.05) is 0 Å². The average Bonchev–Trinajstić information content (AvgIpc) is 3.10. The van der Waals surface area contributed by atoms with E-state index < -0.39 is 11.6 Å². The lowest BCUT2D eigenvalue weighted by atomic mass is 10.2. The Balaban J connectivity index is 1.73. The molecule has 0 saturated heterocycles. The molecular formula is C19H17F2NO3S. The van der Waals surface area contributed by atoms with Crippen LogP contribution >= 0.6 is 11.3 Å². The third kappa shape index (κ3) is 4.11. The van der Waals surface area contributed by atoms with Crippen molar-refractivity contribution in [3.05, 3.63) is 59.1 Å². The summed E-state index contributed by atoms with van der Waals surface area (Å²) in [4.78, 5) is 4.49. The largest absolute Gasteiger partial charge is 0.493 e. The minimum absolute atomic E-state index is 0.0105. The van der Waals surface area contributed by atoms with Crippen LogP contribution in [0.25, 0.3) is 10.6 Å². The van der Waals surface area contributed by atoms with E-state index in [0.29, 0.717) is 23.8 Å². The van der Waals surface area contributed by atoms with Crippen LogP contribution in [0.15, 0.2) is 41.8 Å². The zero-order chi connectivity index (χ0) is 18.5. The number of aromatic nitrogens is 1. The number of nitrogens with zero attached hydrogens (tertiary/aromatic N) is 1. The highest BCUT2D eigenvalue weighted by atomic mass is 32.1. The van der Waals surface area contributed by atoms with Gasteiger partial charge in [0.2, 0.25) is 0 Å². The first-order valence-corrected chi connectivity index (χ1v) is 8.82. The number of halogens is 2. The summed E-state index contributed by atoms with van der Waals surface area (Å²) in [5.41, 5.74) is 1.54. The van der Waals surface area contributed by atoms with Gasteiger partial charge in [0.05, 0.1) is 19.4 Å². The van der Waals surface area contributed by atoms with E-state index in [1.807, 2.05) is 30.5 Å². The van der Waals surface area contributed by atoms with E-state index in [2.05, 4.69) is 4.98 Å². The quantitative estimate of drug-likeness (QED) is 0.576. The van der Waals surface area contributed by atoms with Crippen molar-refractivity contribution >= 4 is 11.3 Å². The smallest absolute Gasteiger partial charge is 0.167 e. The molecular weight excluding hydrogens is 360 g/mol. The molecule has 0 aliphatic heterocycles. The molecule has 0 spiro atoms. The van der Waals surface area contributed by atoms with Crippen molar-refractivity contribution in [2.45, 2.75) is 13.5 Å². The molecule has 0 atom stereocenters. The Labute approximate surface area is 154 Å². The molecule has 0 unspecified atom stereocenters. The second kappa shape index (κ2) is 8.14. The van der Waals surface area contributed by atoms with Crippen molar-refractivity contribution in [2.24, 2.45) is 0 Å². The summed E-state index contributed by atoms with van der Waals surface area (Å²) in [6.07, 6.45) is 0. The zero-order valence-corrected chi connectivity index (χ0v) is 15.1. The van der Waals surface area contributed by atoms with Gasteiger partial charge in [0.15, 0.2) is 23.1 Å². The van der Waals surface area contributed by atoms with E-state index in [9.17, 15) is 8.78 Å². The van der Waals surface area contributed by atoms with Crippen LogP contribution in [0, 0.1) is 11.6 Å². The molecule has 0 fully saturated rings. The zero-order valence-electron chi connectivity index (χ0n) is 14.3. The Morgan fingerprint density at radius 2 is 1.81 bits per heavy atom. The summed E-state index contributed by atoms with van der Waals surface area (Å²) in [6.45, 7) is 2.55. The van der Waals surface area contributed by atoms with Crippen molar-refractivity contribution in [3.63, 3.8) is 0 Å². The molecule has 0 saturated carbocycles. The molecule has 0 bridgehead atoms. The first-order chi connectivity index (χ1) is 12.6. The maximum atomic E-state index is 13.6. The molecule has 0 N–H and O–H groups in total. The first-order valence-electron chi connectivity index (χ1n) is 7.94. The molecule has 26 heavy (non-hydrogen) atoms. The number of hydrogen-bond donors (Lipinski definition) is 0. The van der Waals surface area contributed by atoms with E-state index in [1.54, 1.807) is 7.11 Å². The third-order valence-electron chi connectivity index (χ3n) is 3.53. The minimum atomic E-state index is -0.739. The summed E-state index contributed by atoms with van der Waals surface area (Å²) in [5.74, 6) is -0.0907. The molecule has 3 aromatic rings. The number of rotatable bonds is 7. The van der Waals surface area contributed by atoms with Crippen molar-refractivity contribution < 1.29 is 23.0 Å². The van der Waals surface area contributed by atoms with Crippen molar-refractivity contribution in [2.75, 3.05) is 13.7 Å². The minimum Gasteiger partial charge on any atom is -0.493 e. The molecule has 1 aromatic heterocycles. The Morgan fingerprint density at radius 1 is 1.00 bits per heavy atom. The number of benzene rings is 2. The summed E-state index contributed by atoms with van der Waals surface area (Å²) in [6, 6.07) is 8.79. The maximum Gasteiger partial charge on any atom is 0.167 e. The molecule has 1 heterocycles. The second-order valence-electron chi connectivity index (χ2n) is 5.31. The number of methoxy groups -OCH3 is 1. The van der Waals surface area contributed by atoms with Crippen LogP contribution in [0.1, 0.15) is 12.6 Å². The highest BCUT2D eigenvalue weighted by molar-refractivity contribution is 7.13. The highest BCUT2D eigenvalue weighted by Crippen LogP contribution is 2.34. The monoisotopic (exact) mass is 377 g/mol. The standard InChI is InChI=1S/C19H17F2NO3S/c1-3-24-17-6-4-12(8-18(17)23-2)19-22-14(11-26-19)10-25-16-7-5-13(20)9-15(16)21/h4-9,11H,3,10H2,1-2H3. The van der Waals surface area contributed by atoms with E-state index >= 15 is 0 Å². The number of thiazole rings is 1. The van der Waals surface area contributed by atoms with Gasteiger partial charge in [-0.15, -0.1) is 11.3 Å².